The molecule has 23 heavy (non-hydrogen) atoms. The van der Waals surface area contributed by atoms with E-state index in [2.05, 4.69) is 20.4 Å². The van der Waals surface area contributed by atoms with Crippen LogP contribution in [0.15, 0.2) is 41.2 Å². The van der Waals surface area contributed by atoms with Crippen molar-refractivity contribution in [1.82, 2.24) is 25.1 Å². The Morgan fingerprint density at radius 1 is 1.26 bits per heavy atom. The molecule has 3 heterocycles. The maximum absolute atomic E-state index is 12.9. The third-order valence-electron chi connectivity index (χ3n) is 4.03. The molecule has 0 unspecified atom stereocenters. The van der Waals surface area contributed by atoms with Gasteiger partial charge >= 0.3 is 0 Å². The van der Waals surface area contributed by atoms with E-state index in [0.29, 0.717) is 24.2 Å². The molecule has 3 aromatic rings. The van der Waals surface area contributed by atoms with Crippen LogP contribution in [0.2, 0.25) is 0 Å². The van der Waals surface area contributed by atoms with E-state index in [1.54, 1.807) is 24.7 Å². The van der Waals surface area contributed by atoms with E-state index >= 15 is 0 Å². The van der Waals surface area contributed by atoms with Crippen LogP contribution in [0.3, 0.4) is 0 Å². The first-order chi connectivity index (χ1) is 11.3. The Morgan fingerprint density at radius 2 is 2.13 bits per heavy atom. The first-order valence-corrected chi connectivity index (χ1v) is 7.58. The number of hydrogen-bond donors (Lipinski definition) is 1. The summed E-state index contributed by atoms with van der Waals surface area (Å²) < 4.78 is 20.6. The van der Waals surface area contributed by atoms with E-state index in [1.165, 1.54) is 12.1 Å². The molecule has 0 saturated carbocycles. The number of aryl methyl sites for hydroxylation is 1. The highest BCUT2D eigenvalue weighted by Crippen LogP contribution is 2.21. The van der Waals surface area contributed by atoms with Crippen molar-refractivity contribution in [3.05, 3.63) is 54.3 Å². The van der Waals surface area contributed by atoms with Gasteiger partial charge in [-0.05, 0) is 30.7 Å². The number of aromatic nitrogens is 4. The van der Waals surface area contributed by atoms with Crippen LogP contribution >= 0.6 is 0 Å². The average Bonchev–Trinajstić information content (AvgIpc) is 3.22. The minimum absolute atomic E-state index is 0.264. The van der Waals surface area contributed by atoms with Crippen molar-refractivity contribution < 1.29 is 8.81 Å². The summed E-state index contributed by atoms with van der Waals surface area (Å²) in [6, 6.07) is 6.51. The van der Waals surface area contributed by atoms with Crippen LogP contribution in [0.5, 0.6) is 0 Å². The smallest absolute Gasteiger partial charge is 0.208 e. The fourth-order valence-corrected chi connectivity index (χ4v) is 2.78. The van der Waals surface area contributed by atoms with Crippen LogP contribution in [-0.4, -0.2) is 25.8 Å². The molecule has 1 aromatic carbocycles. The molecular weight excluding hydrogens is 297 g/mol. The predicted octanol–water partition coefficient (Wildman–Crippen LogP) is 2.18. The van der Waals surface area contributed by atoms with Crippen LogP contribution < -0.4 is 5.32 Å². The van der Waals surface area contributed by atoms with Gasteiger partial charge < -0.3 is 9.73 Å². The molecule has 0 bridgehead atoms. The third kappa shape index (κ3) is 3.00. The number of nitrogens with zero attached hydrogens (tertiary/aromatic N) is 4. The molecule has 2 aromatic heterocycles. The molecular formula is C16H16FN5O. The topological polar surface area (TPSA) is 68.8 Å². The number of halogens is 1. The molecule has 118 valence electrons. The van der Waals surface area contributed by atoms with Gasteiger partial charge in [0.2, 0.25) is 5.89 Å². The van der Waals surface area contributed by atoms with E-state index in [0.717, 1.165) is 30.8 Å². The lowest BCUT2D eigenvalue weighted by molar-refractivity contribution is 0.342. The highest BCUT2D eigenvalue weighted by Gasteiger charge is 2.19. The molecule has 0 saturated heterocycles. The van der Waals surface area contributed by atoms with Crippen LogP contribution in [0, 0.1) is 5.82 Å². The van der Waals surface area contributed by atoms with Crippen LogP contribution in [0.1, 0.15) is 18.1 Å². The quantitative estimate of drug-likeness (QED) is 0.799. The van der Waals surface area contributed by atoms with Crippen molar-refractivity contribution in [2.24, 2.45) is 0 Å². The largest absolute Gasteiger partial charge is 0.439 e. The lowest BCUT2D eigenvalue weighted by Gasteiger charge is -2.22. The van der Waals surface area contributed by atoms with Crippen molar-refractivity contribution >= 4 is 0 Å². The number of oxazole rings is 1. The van der Waals surface area contributed by atoms with Gasteiger partial charge in [0.25, 0.3) is 0 Å². The maximum atomic E-state index is 12.9. The van der Waals surface area contributed by atoms with Gasteiger partial charge in [0, 0.05) is 18.0 Å². The van der Waals surface area contributed by atoms with Crippen molar-refractivity contribution in [2.75, 3.05) is 0 Å². The zero-order valence-electron chi connectivity index (χ0n) is 12.4. The number of rotatable bonds is 4. The Kier molecular flexibility index (Phi) is 3.63. The maximum Gasteiger partial charge on any atom is 0.208 e. The number of fused-ring (bicyclic) bond motifs is 1. The van der Waals surface area contributed by atoms with Crippen molar-refractivity contribution in [3.8, 4) is 11.3 Å². The van der Waals surface area contributed by atoms with Gasteiger partial charge in [-0.3, -0.25) is 0 Å². The third-order valence-corrected chi connectivity index (χ3v) is 4.03. The van der Waals surface area contributed by atoms with Crippen LogP contribution in [0.25, 0.3) is 11.3 Å². The van der Waals surface area contributed by atoms with Gasteiger partial charge in [-0.15, -0.1) is 0 Å². The Labute approximate surface area is 132 Å². The second-order valence-corrected chi connectivity index (χ2v) is 5.60. The molecule has 0 radical (unpaired) electrons. The molecule has 1 N–H and O–H groups in total. The second-order valence-electron chi connectivity index (χ2n) is 5.60. The van der Waals surface area contributed by atoms with Gasteiger partial charge in [0.15, 0.2) is 5.76 Å². The molecule has 1 atom stereocenters. The summed E-state index contributed by atoms with van der Waals surface area (Å²) >= 11 is 0. The minimum Gasteiger partial charge on any atom is -0.439 e. The summed E-state index contributed by atoms with van der Waals surface area (Å²) in [6.07, 6.45) is 5.20. The molecule has 0 amide bonds. The van der Waals surface area contributed by atoms with Gasteiger partial charge in [0.1, 0.15) is 18.0 Å². The summed E-state index contributed by atoms with van der Waals surface area (Å²) in [5.74, 6) is 2.04. The summed E-state index contributed by atoms with van der Waals surface area (Å²) in [7, 11) is 0. The van der Waals surface area contributed by atoms with Gasteiger partial charge in [0.05, 0.1) is 19.3 Å². The zero-order valence-corrected chi connectivity index (χ0v) is 12.4. The van der Waals surface area contributed by atoms with E-state index < -0.39 is 0 Å². The van der Waals surface area contributed by atoms with Crippen LogP contribution in [0.4, 0.5) is 4.39 Å². The monoisotopic (exact) mass is 313 g/mol. The molecule has 6 nitrogen and oxygen atoms in total. The van der Waals surface area contributed by atoms with Crippen LogP contribution in [-0.2, 0) is 19.5 Å². The van der Waals surface area contributed by atoms with Crippen molar-refractivity contribution in [2.45, 2.75) is 32.0 Å². The van der Waals surface area contributed by atoms with E-state index in [1.807, 2.05) is 4.68 Å². The first-order valence-electron chi connectivity index (χ1n) is 7.58. The molecule has 1 aliphatic rings. The number of nitrogens with one attached hydrogen (secondary N) is 1. The Bertz CT molecular complexity index is 795. The number of hydrogen-bond acceptors (Lipinski definition) is 5. The predicted molar refractivity (Wildman–Crippen MR) is 80.9 cm³/mol. The molecule has 0 aliphatic carbocycles. The lowest BCUT2D eigenvalue weighted by atomic mass is 10.1. The number of benzene rings is 1. The lowest BCUT2D eigenvalue weighted by Crippen LogP contribution is -2.37. The van der Waals surface area contributed by atoms with E-state index in [9.17, 15) is 4.39 Å². The first kappa shape index (κ1) is 14.1. The Morgan fingerprint density at radius 3 is 3.00 bits per heavy atom. The molecule has 4 rings (SSSR count). The molecule has 1 aliphatic heterocycles. The van der Waals surface area contributed by atoms with Gasteiger partial charge in [-0.1, -0.05) is 0 Å². The molecule has 7 heteroatoms. The molecule has 0 fully saturated rings. The van der Waals surface area contributed by atoms with Gasteiger partial charge in [-0.2, -0.15) is 5.10 Å². The fraction of sp³-hybridized carbons (Fsp3) is 0.312. The second kappa shape index (κ2) is 5.92. The van der Waals surface area contributed by atoms with Crippen molar-refractivity contribution in [1.29, 1.82) is 0 Å². The molecule has 0 spiro atoms. The fourth-order valence-electron chi connectivity index (χ4n) is 2.78. The highest BCUT2D eigenvalue weighted by molar-refractivity contribution is 5.55. The highest BCUT2D eigenvalue weighted by atomic mass is 19.1. The Hall–Kier alpha value is -2.54. The van der Waals surface area contributed by atoms with E-state index in [4.69, 9.17) is 4.42 Å². The zero-order chi connectivity index (χ0) is 15.6. The average molecular weight is 313 g/mol. The summed E-state index contributed by atoms with van der Waals surface area (Å²) in [6.45, 7) is 1.36. The summed E-state index contributed by atoms with van der Waals surface area (Å²) in [4.78, 5) is 8.50. The van der Waals surface area contributed by atoms with E-state index in [-0.39, 0.29) is 5.82 Å². The standard InChI is InChI=1S/C16H16FN5O/c17-12-3-1-11(2-4-12)14-7-19-16(23-14)8-18-13-5-6-15-20-10-21-22(15)9-13/h1-4,7,10,13,18H,5-6,8-9H2/t13-/m1/s1. The summed E-state index contributed by atoms with van der Waals surface area (Å²) in [5.41, 5.74) is 0.815. The van der Waals surface area contributed by atoms with Crippen molar-refractivity contribution in [3.63, 3.8) is 0 Å². The minimum atomic E-state index is -0.264. The SMILES string of the molecule is Fc1ccc(-c2cnc(CN[C@@H]3CCc4ncnn4C3)o2)cc1. The van der Waals surface area contributed by atoms with Gasteiger partial charge in [-0.25, -0.2) is 19.0 Å². The summed E-state index contributed by atoms with van der Waals surface area (Å²) in [5, 5.41) is 7.65. The normalized spacial score (nSPS) is 17.2. The Balaban J connectivity index is 1.38.